The minimum atomic E-state index is 0.890. The molecule has 0 aliphatic heterocycles. The maximum Gasteiger partial charge on any atom is 0.106 e. The molecule has 0 atom stereocenters. The third-order valence-electron chi connectivity index (χ3n) is 2.81. The summed E-state index contributed by atoms with van der Waals surface area (Å²) in [5.74, 6) is 1.08. The molecule has 2 aromatic rings. The molecule has 2 rings (SSSR count). The fourth-order valence-corrected chi connectivity index (χ4v) is 3.33. The molecule has 0 saturated carbocycles. The molecule has 0 amide bonds. The summed E-state index contributed by atoms with van der Waals surface area (Å²) in [5.41, 5.74) is 1.26. The van der Waals surface area contributed by atoms with Gasteiger partial charge in [-0.2, -0.15) is 0 Å². The van der Waals surface area contributed by atoms with Crippen molar-refractivity contribution < 1.29 is 0 Å². The van der Waals surface area contributed by atoms with Crippen molar-refractivity contribution in [3.8, 4) is 0 Å². The van der Waals surface area contributed by atoms with E-state index in [0.29, 0.717) is 0 Å². The van der Waals surface area contributed by atoms with Gasteiger partial charge in [0, 0.05) is 17.6 Å². The van der Waals surface area contributed by atoms with Crippen molar-refractivity contribution in [2.45, 2.75) is 33.4 Å². The zero-order valence-corrected chi connectivity index (χ0v) is 13.1. The normalized spacial score (nSPS) is 11.1. The summed E-state index contributed by atoms with van der Waals surface area (Å²) in [6, 6.07) is 4.26. The van der Waals surface area contributed by atoms with E-state index in [1.54, 1.807) is 11.3 Å². The molecule has 0 fully saturated rings. The number of hydrogen-bond donors (Lipinski definition) is 1. The summed E-state index contributed by atoms with van der Waals surface area (Å²) in [4.78, 5) is 5.76. The van der Waals surface area contributed by atoms with Crippen LogP contribution in [0.2, 0.25) is 0 Å². The fourth-order valence-electron chi connectivity index (χ4n) is 1.86. The second-order valence-corrected chi connectivity index (χ2v) is 6.81. The van der Waals surface area contributed by atoms with Crippen molar-refractivity contribution in [2.75, 3.05) is 6.54 Å². The van der Waals surface area contributed by atoms with Crippen molar-refractivity contribution in [1.82, 2.24) is 14.9 Å². The highest BCUT2D eigenvalue weighted by Crippen LogP contribution is 2.23. The zero-order chi connectivity index (χ0) is 13.0. The van der Waals surface area contributed by atoms with Crippen LogP contribution in [0.5, 0.6) is 0 Å². The molecule has 0 unspecified atom stereocenters. The summed E-state index contributed by atoms with van der Waals surface area (Å²) in [7, 11) is 0. The average molecular weight is 328 g/mol. The second kappa shape index (κ2) is 6.50. The third-order valence-corrected chi connectivity index (χ3v) is 4.42. The zero-order valence-electron chi connectivity index (χ0n) is 10.7. The van der Waals surface area contributed by atoms with Crippen LogP contribution in [0.4, 0.5) is 0 Å². The Morgan fingerprint density at radius 3 is 2.94 bits per heavy atom. The molecular weight excluding hydrogens is 310 g/mol. The van der Waals surface area contributed by atoms with E-state index in [-0.39, 0.29) is 0 Å². The van der Waals surface area contributed by atoms with E-state index in [0.717, 1.165) is 31.9 Å². The molecule has 0 saturated heterocycles. The molecule has 0 spiro atoms. The first-order valence-corrected chi connectivity index (χ1v) is 7.77. The van der Waals surface area contributed by atoms with Gasteiger partial charge in [-0.15, -0.1) is 11.3 Å². The Bertz CT molecular complexity index is 504. The largest absolute Gasteiger partial charge is 0.326 e. The highest BCUT2D eigenvalue weighted by molar-refractivity contribution is 9.11. The highest BCUT2D eigenvalue weighted by atomic mass is 79.9. The summed E-state index contributed by atoms with van der Waals surface area (Å²) in [6.07, 6.45) is 3.13. The number of halogens is 1. The Kier molecular flexibility index (Phi) is 4.97. The SMILES string of the molecule is CCCNCc1cnc(C)n1Cc1ccc(Br)s1. The first-order chi connectivity index (χ1) is 8.70. The highest BCUT2D eigenvalue weighted by Gasteiger charge is 2.08. The minimum absolute atomic E-state index is 0.890. The van der Waals surface area contributed by atoms with Gasteiger partial charge in [-0.1, -0.05) is 6.92 Å². The molecule has 0 aromatic carbocycles. The van der Waals surface area contributed by atoms with Crippen molar-refractivity contribution in [3.05, 3.63) is 38.5 Å². The quantitative estimate of drug-likeness (QED) is 0.822. The van der Waals surface area contributed by atoms with Gasteiger partial charge < -0.3 is 9.88 Å². The lowest BCUT2D eigenvalue weighted by atomic mass is 10.4. The molecule has 18 heavy (non-hydrogen) atoms. The number of nitrogens with zero attached hydrogens (tertiary/aromatic N) is 2. The van der Waals surface area contributed by atoms with Gasteiger partial charge >= 0.3 is 0 Å². The third kappa shape index (κ3) is 3.43. The average Bonchev–Trinajstić information content (AvgIpc) is 2.90. The molecule has 5 heteroatoms. The van der Waals surface area contributed by atoms with Crippen LogP contribution in [0.3, 0.4) is 0 Å². The summed E-state index contributed by atoms with van der Waals surface area (Å²) >= 11 is 5.29. The van der Waals surface area contributed by atoms with Gasteiger partial charge in [-0.3, -0.25) is 0 Å². The van der Waals surface area contributed by atoms with Gasteiger partial charge in [-0.05, 0) is 48.0 Å². The van der Waals surface area contributed by atoms with Gasteiger partial charge in [0.1, 0.15) is 5.82 Å². The smallest absolute Gasteiger partial charge is 0.106 e. The molecule has 2 heterocycles. The van der Waals surface area contributed by atoms with Crippen LogP contribution in [0.25, 0.3) is 0 Å². The predicted octanol–water partition coefficient (Wildman–Crippen LogP) is 3.56. The van der Waals surface area contributed by atoms with Crippen molar-refractivity contribution >= 4 is 27.3 Å². The second-order valence-electron chi connectivity index (χ2n) is 4.27. The Morgan fingerprint density at radius 1 is 1.44 bits per heavy atom. The van der Waals surface area contributed by atoms with E-state index in [1.165, 1.54) is 14.4 Å². The summed E-state index contributed by atoms with van der Waals surface area (Å²) in [5, 5.41) is 3.43. The number of thiophene rings is 1. The Morgan fingerprint density at radius 2 is 2.28 bits per heavy atom. The topological polar surface area (TPSA) is 29.9 Å². The number of aromatic nitrogens is 2. The minimum Gasteiger partial charge on any atom is -0.326 e. The number of hydrogen-bond acceptors (Lipinski definition) is 3. The lowest BCUT2D eigenvalue weighted by Crippen LogP contribution is -2.17. The van der Waals surface area contributed by atoms with Gasteiger partial charge in [0.25, 0.3) is 0 Å². The van der Waals surface area contributed by atoms with Crippen LogP contribution in [-0.4, -0.2) is 16.1 Å². The van der Waals surface area contributed by atoms with E-state index in [2.05, 4.69) is 56.8 Å². The maximum atomic E-state index is 4.41. The van der Waals surface area contributed by atoms with Gasteiger partial charge in [0.15, 0.2) is 0 Å². The Labute approximate surface area is 120 Å². The molecular formula is C13H18BrN3S. The van der Waals surface area contributed by atoms with E-state index < -0.39 is 0 Å². The first-order valence-electron chi connectivity index (χ1n) is 6.16. The fraction of sp³-hybridized carbons (Fsp3) is 0.462. The number of aryl methyl sites for hydroxylation is 1. The maximum absolute atomic E-state index is 4.41. The van der Waals surface area contributed by atoms with Gasteiger partial charge in [-0.25, -0.2) is 4.98 Å². The van der Waals surface area contributed by atoms with Crippen molar-refractivity contribution in [1.29, 1.82) is 0 Å². The van der Waals surface area contributed by atoms with E-state index in [9.17, 15) is 0 Å². The molecule has 98 valence electrons. The molecule has 3 nitrogen and oxygen atoms in total. The van der Waals surface area contributed by atoms with E-state index in [1.807, 2.05) is 6.20 Å². The van der Waals surface area contributed by atoms with Crippen molar-refractivity contribution in [2.24, 2.45) is 0 Å². The molecule has 0 bridgehead atoms. The van der Waals surface area contributed by atoms with Crippen LogP contribution in [0, 0.1) is 6.92 Å². The van der Waals surface area contributed by atoms with E-state index >= 15 is 0 Å². The number of nitrogens with one attached hydrogen (secondary N) is 1. The van der Waals surface area contributed by atoms with Crippen LogP contribution in [0.1, 0.15) is 29.7 Å². The molecule has 0 aliphatic rings. The molecule has 1 N–H and O–H groups in total. The molecule has 0 aliphatic carbocycles. The number of imidazole rings is 1. The first kappa shape index (κ1) is 13.8. The van der Waals surface area contributed by atoms with E-state index in [4.69, 9.17) is 0 Å². The Hall–Kier alpha value is -0.650. The predicted molar refractivity (Wildman–Crippen MR) is 80.1 cm³/mol. The lowest BCUT2D eigenvalue weighted by Gasteiger charge is -2.09. The van der Waals surface area contributed by atoms with Gasteiger partial charge in [0.05, 0.1) is 16.0 Å². The standard InChI is InChI=1S/C13H18BrN3S/c1-3-6-15-7-11-8-16-10(2)17(11)9-12-4-5-13(14)18-12/h4-5,8,15H,3,6-7,9H2,1-2H3. The summed E-state index contributed by atoms with van der Waals surface area (Å²) in [6.45, 7) is 7.09. The van der Waals surface area contributed by atoms with Crippen LogP contribution in [0.15, 0.2) is 22.1 Å². The van der Waals surface area contributed by atoms with Crippen LogP contribution in [-0.2, 0) is 13.1 Å². The Balaban J connectivity index is 2.08. The molecule has 0 radical (unpaired) electrons. The van der Waals surface area contributed by atoms with Crippen molar-refractivity contribution in [3.63, 3.8) is 0 Å². The van der Waals surface area contributed by atoms with Gasteiger partial charge in [0.2, 0.25) is 0 Å². The monoisotopic (exact) mass is 327 g/mol. The molecule has 2 aromatic heterocycles. The van der Waals surface area contributed by atoms with Crippen LogP contribution >= 0.6 is 27.3 Å². The van der Waals surface area contributed by atoms with Crippen LogP contribution < -0.4 is 5.32 Å². The summed E-state index contributed by atoms with van der Waals surface area (Å²) < 4.78 is 3.46. The number of rotatable bonds is 6. The lowest BCUT2D eigenvalue weighted by molar-refractivity contribution is 0.625.